The number of nitrogens with zero attached hydrogens (tertiary/aromatic N) is 2. The van der Waals surface area contributed by atoms with Crippen molar-refractivity contribution >= 4 is 5.82 Å². The maximum Gasteiger partial charge on any atom is 0.234 e. The summed E-state index contributed by atoms with van der Waals surface area (Å²) >= 11 is 0. The standard InChI is InChI=1S/C9H15N3O3/c1-13-2-3-14-4-5-15-9-7-11-6-8(10)12-9/h6-7H,2-5H2,1H3,(H2,10,12). The molecule has 0 radical (unpaired) electrons. The number of nitrogen functional groups attached to an aromatic ring is 1. The lowest BCUT2D eigenvalue weighted by atomic mass is 10.6. The van der Waals surface area contributed by atoms with Crippen LogP contribution in [-0.2, 0) is 9.47 Å². The molecular formula is C9H15N3O3. The van der Waals surface area contributed by atoms with Crippen LogP contribution in [0.25, 0.3) is 0 Å². The van der Waals surface area contributed by atoms with Crippen LogP contribution in [-0.4, -0.2) is 43.5 Å². The first kappa shape index (κ1) is 11.7. The molecule has 0 aliphatic rings. The zero-order valence-corrected chi connectivity index (χ0v) is 8.68. The van der Waals surface area contributed by atoms with Crippen molar-refractivity contribution in [3.05, 3.63) is 12.4 Å². The summed E-state index contributed by atoms with van der Waals surface area (Å²) in [6.45, 7) is 2.04. The summed E-state index contributed by atoms with van der Waals surface area (Å²) in [4.78, 5) is 7.76. The van der Waals surface area contributed by atoms with E-state index in [0.717, 1.165) is 0 Å². The molecule has 84 valence electrons. The number of hydrogen-bond acceptors (Lipinski definition) is 6. The van der Waals surface area contributed by atoms with E-state index in [1.54, 1.807) is 7.11 Å². The normalized spacial score (nSPS) is 10.2. The van der Waals surface area contributed by atoms with E-state index in [9.17, 15) is 0 Å². The highest BCUT2D eigenvalue weighted by Gasteiger charge is 1.96. The largest absolute Gasteiger partial charge is 0.474 e. The van der Waals surface area contributed by atoms with Gasteiger partial charge in [0.1, 0.15) is 12.4 Å². The second-order valence-electron chi connectivity index (χ2n) is 2.74. The van der Waals surface area contributed by atoms with E-state index in [1.807, 2.05) is 0 Å². The van der Waals surface area contributed by atoms with Gasteiger partial charge in [0.15, 0.2) is 0 Å². The summed E-state index contributed by atoms with van der Waals surface area (Å²) in [5.74, 6) is 0.748. The Balaban J connectivity index is 2.10. The van der Waals surface area contributed by atoms with Crippen molar-refractivity contribution in [1.82, 2.24) is 9.97 Å². The van der Waals surface area contributed by atoms with Gasteiger partial charge >= 0.3 is 0 Å². The van der Waals surface area contributed by atoms with Crippen molar-refractivity contribution in [2.45, 2.75) is 0 Å². The first-order valence-electron chi connectivity index (χ1n) is 4.60. The smallest absolute Gasteiger partial charge is 0.234 e. The molecule has 1 heterocycles. The Hall–Kier alpha value is -1.40. The van der Waals surface area contributed by atoms with Crippen molar-refractivity contribution < 1.29 is 14.2 Å². The zero-order valence-electron chi connectivity index (χ0n) is 8.68. The molecule has 0 spiro atoms. The molecule has 0 fully saturated rings. The van der Waals surface area contributed by atoms with Gasteiger partial charge in [-0.05, 0) is 0 Å². The van der Waals surface area contributed by atoms with Crippen LogP contribution in [0.1, 0.15) is 0 Å². The Kier molecular flexibility index (Phi) is 5.42. The lowest BCUT2D eigenvalue weighted by Crippen LogP contribution is -2.10. The second-order valence-corrected chi connectivity index (χ2v) is 2.74. The lowest BCUT2D eigenvalue weighted by molar-refractivity contribution is 0.0536. The van der Waals surface area contributed by atoms with Crippen LogP contribution >= 0.6 is 0 Å². The Bertz CT molecular complexity index is 283. The molecule has 0 atom stereocenters. The van der Waals surface area contributed by atoms with Gasteiger partial charge in [0.25, 0.3) is 0 Å². The monoisotopic (exact) mass is 213 g/mol. The molecule has 1 aromatic rings. The molecule has 0 aliphatic carbocycles. The first-order valence-corrected chi connectivity index (χ1v) is 4.60. The van der Waals surface area contributed by atoms with Crippen LogP contribution in [0, 0.1) is 0 Å². The van der Waals surface area contributed by atoms with E-state index < -0.39 is 0 Å². The summed E-state index contributed by atoms with van der Waals surface area (Å²) in [6.07, 6.45) is 2.97. The van der Waals surface area contributed by atoms with E-state index in [1.165, 1.54) is 12.4 Å². The molecule has 0 aromatic carbocycles. The van der Waals surface area contributed by atoms with E-state index in [0.29, 0.717) is 38.1 Å². The fraction of sp³-hybridized carbons (Fsp3) is 0.556. The number of anilines is 1. The van der Waals surface area contributed by atoms with Gasteiger partial charge in [-0.1, -0.05) is 0 Å². The average molecular weight is 213 g/mol. The SMILES string of the molecule is COCCOCCOc1cncc(N)n1. The Morgan fingerprint density at radius 2 is 2.00 bits per heavy atom. The van der Waals surface area contributed by atoms with Crippen LogP contribution in [0.15, 0.2) is 12.4 Å². The minimum atomic E-state index is 0.341. The quantitative estimate of drug-likeness (QED) is 0.647. The molecule has 6 nitrogen and oxygen atoms in total. The number of hydrogen-bond donors (Lipinski definition) is 1. The fourth-order valence-corrected chi connectivity index (χ4v) is 0.881. The number of rotatable bonds is 7. The number of aromatic nitrogens is 2. The summed E-state index contributed by atoms with van der Waals surface area (Å²) < 4.78 is 15.3. The Morgan fingerprint density at radius 1 is 1.20 bits per heavy atom. The van der Waals surface area contributed by atoms with E-state index in [2.05, 4.69) is 9.97 Å². The van der Waals surface area contributed by atoms with Crippen LogP contribution in [0.5, 0.6) is 5.88 Å². The number of methoxy groups -OCH3 is 1. The maximum absolute atomic E-state index is 5.43. The lowest BCUT2D eigenvalue weighted by Gasteiger charge is -2.05. The van der Waals surface area contributed by atoms with Crippen LogP contribution in [0.4, 0.5) is 5.82 Å². The minimum absolute atomic E-state index is 0.341. The molecule has 6 heteroatoms. The van der Waals surface area contributed by atoms with Crippen molar-refractivity contribution in [1.29, 1.82) is 0 Å². The fourth-order valence-electron chi connectivity index (χ4n) is 0.881. The zero-order chi connectivity index (χ0) is 10.9. The average Bonchev–Trinajstić information content (AvgIpc) is 2.23. The van der Waals surface area contributed by atoms with Crippen LogP contribution in [0.3, 0.4) is 0 Å². The Morgan fingerprint density at radius 3 is 2.73 bits per heavy atom. The topological polar surface area (TPSA) is 79.5 Å². The number of nitrogens with two attached hydrogens (primary N) is 1. The highest BCUT2D eigenvalue weighted by molar-refractivity contribution is 5.25. The van der Waals surface area contributed by atoms with Gasteiger partial charge < -0.3 is 19.9 Å². The minimum Gasteiger partial charge on any atom is -0.474 e. The van der Waals surface area contributed by atoms with Crippen molar-refractivity contribution in [3.8, 4) is 5.88 Å². The van der Waals surface area contributed by atoms with Crippen molar-refractivity contribution in [3.63, 3.8) is 0 Å². The van der Waals surface area contributed by atoms with E-state index in [-0.39, 0.29) is 0 Å². The molecule has 1 rings (SSSR count). The summed E-state index contributed by atoms with van der Waals surface area (Å²) in [5, 5.41) is 0. The second kappa shape index (κ2) is 6.97. The highest BCUT2D eigenvalue weighted by Crippen LogP contribution is 2.05. The molecular weight excluding hydrogens is 198 g/mol. The van der Waals surface area contributed by atoms with Gasteiger partial charge in [-0.15, -0.1) is 0 Å². The first-order chi connectivity index (χ1) is 7.33. The predicted octanol–water partition coefficient (Wildman–Crippen LogP) is 0.101. The van der Waals surface area contributed by atoms with Gasteiger partial charge in [-0.2, -0.15) is 4.98 Å². The third-order valence-electron chi connectivity index (χ3n) is 1.54. The molecule has 0 unspecified atom stereocenters. The van der Waals surface area contributed by atoms with Gasteiger partial charge in [-0.25, -0.2) is 0 Å². The third kappa shape index (κ3) is 5.14. The third-order valence-corrected chi connectivity index (χ3v) is 1.54. The molecule has 0 saturated heterocycles. The van der Waals surface area contributed by atoms with Crippen LogP contribution < -0.4 is 10.5 Å². The van der Waals surface area contributed by atoms with Crippen molar-refractivity contribution in [2.24, 2.45) is 0 Å². The van der Waals surface area contributed by atoms with E-state index in [4.69, 9.17) is 19.9 Å². The molecule has 2 N–H and O–H groups in total. The number of ether oxygens (including phenoxy) is 3. The molecule has 0 bridgehead atoms. The maximum atomic E-state index is 5.43. The van der Waals surface area contributed by atoms with E-state index >= 15 is 0 Å². The summed E-state index contributed by atoms with van der Waals surface area (Å²) in [5.41, 5.74) is 5.43. The molecule has 0 aliphatic heterocycles. The molecule has 0 saturated carbocycles. The predicted molar refractivity (Wildman–Crippen MR) is 54.6 cm³/mol. The molecule has 1 aromatic heterocycles. The van der Waals surface area contributed by atoms with Crippen molar-refractivity contribution in [2.75, 3.05) is 39.3 Å². The molecule has 0 amide bonds. The van der Waals surface area contributed by atoms with Gasteiger partial charge in [0, 0.05) is 7.11 Å². The Labute approximate surface area is 88.4 Å². The molecule has 15 heavy (non-hydrogen) atoms. The van der Waals surface area contributed by atoms with Gasteiger partial charge in [-0.3, -0.25) is 4.98 Å². The highest BCUT2D eigenvalue weighted by atomic mass is 16.5. The van der Waals surface area contributed by atoms with Gasteiger partial charge in [0.05, 0.1) is 32.2 Å². The summed E-state index contributed by atoms with van der Waals surface area (Å²) in [6, 6.07) is 0. The van der Waals surface area contributed by atoms with Crippen LogP contribution in [0.2, 0.25) is 0 Å². The van der Waals surface area contributed by atoms with Gasteiger partial charge in [0.2, 0.25) is 5.88 Å². The summed E-state index contributed by atoms with van der Waals surface area (Å²) in [7, 11) is 1.63.